The number of aromatic nitrogens is 2. The summed E-state index contributed by atoms with van der Waals surface area (Å²) in [5, 5.41) is 23.6. The third-order valence-electron chi connectivity index (χ3n) is 2.91. The first-order valence-corrected chi connectivity index (χ1v) is 6.47. The van der Waals surface area contributed by atoms with E-state index in [4.69, 9.17) is 5.11 Å². The number of carbonyl (C=O) groups is 1. The van der Waals surface area contributed by atoms with Crippen molar-refractivity contribution in [3.05, 3.63) is 5.01 Å². The van der Waals surface area contributed by atoms with Gasteiger partial charge in [-0.25, -0.2) is 4.79 Å². The van der Waals surface area contributed by atoms with Gasteiger partial charge >= 0.3 is 6.03 Å². The van der Waals surface area contributed by atoms with Crippen molar-refractivity contribution in [2.45, 2.75) is 26.2 Å². The summed E-state index contributed by atoms with van der Waals surface area (Å²) in [6.45, 7) is 2.63. The molecule has 94 valence electrons. The van der Waals surface area contributed by atoms with Gasteiger partial charge in [-0.1, -0.05) is 18.3 Å². The molecule has 1 heterocycles. The normalized spacial score (nSPS) is 16.6. The molecule has 0 radical (unpaired) electrons. The molecule has 2 rings (SSSR count). The summed E-state index contributed by atoms with van der Waals surface area (Å²) in [6.07, 6.45) is 2.76. The molecule has 7 heteroatoms. The third kappa shape index (κ3) is 3.13. The Bertz CT molecular complexity index is 403. The fourth-order valence-electron chi connectivity index (χ4n) is 1.42. The van der Waals surface area contributed by atoms with Crippen LogP contribution in [0.15, 0.2) is 0 Å². The maximum atomic E-state index is 11.5. The number of hydrogen-bond donors (Lipinski definition) is 3. The van der Waals surface area contributed by atoms with Gasteiger partial charge < -0.3 is 10.4 Å². The Kier molecular flexibility index (Phi) is 3.58. The van der Waals surface area contributed by atoms with Gasteiger partial charge in [0.25, 0.3) is 0 Å². The van der Waals surface area contributed by atoms with Crippen molar-refractivity contribution in [1.82, 2.24) is 15.5 Å². The summed E-state index contributed by atoms with van der Waals surface area (Å²) in [5.74, 6) is 0. The zero-order valence-electron chi connectivity index (χ0n) is 9.69. The molecule has 0 aromatic carbocycles. The Morgan fingerprint density at radius 1 is 1.53 bits per heavy atom. The van der Waals surface area contributed by atoms with E-state index in [9.17, 15) is 4.79 Å². The molecular formula is C10H16N4O2S. The van der Waals surface area contributed by atoms with Crippen LogP contribution in [0.3, 0.4) is 0 Å². The second-order valence-electron chi connectivity index (χ2n) is 4.32. The Hall–Kier alpha value is -1.21. The molecule has 1 aliphatic carbocycles. The molecule has 1 aromatic heterocycles. The molecule has 0 saturated heterocycles. The zero-order valence-corrected chi connectivity index (χ0v) is 10.5. The minimum absolute atomic E-state index is 0.0763. The number of aliphatic hydroxyl groups is 1. The molecule has 0 bridgehead atoms. The molecule has 0 atom stereocenters. The predicted octanol–water partition coefficient (Wildman–Crippen LogP) is 0.994. The van der Waals surface area contributed by atoms with Crippen LogP contribution in [0.5, 0.6) is 0 Å². The van der Waals surface area contributed by atoms with Gasteiger partial charge in [-0.2, -0.15) is 0 Å². The van der Waals surface area contributed by atoms with E-state index in [-0.39, 0.29) is 18.1 Å². The van der Waals surface area contributed by atoms with Gasteiger partial charge in [0.2, 0.25) is 5.13 Å². The minimum Gasteiger partial charge on any atom is -0.396 e. The highest BCUT2D eigenvalue weighted by Crippen LogP contribution is 2.44. The van der Waals surface area contributed by atoms with Gasteiger partial charge in [0.05, 0.1) is 6.61 Å². The Labute approximate surface area is 103 Å². The zero-order chi connectivity index (χ0) is 12.3. The molecule has 0 spiro atoms. The number of aryl methyl sites for hydroxylation is 1. The van der Waals surface area contributed by atoms with E-state index in [0.717, 1.165) is 24.3 Å². The molecule has 0 unspecified atom stereocenters. The largest absolute Gasteiger partial charge is 0.396 e. The van der Waals surface area contributed by atoms with Gasteiger partial charge in [-0.15, -0.1) is 10.2 Å². The van der Waals surface area contributed by atoms with Crippen molar-refractivity contribution in [3.63, 3.8) is 0 Å². The predicted molar refractivity (Wildman–Crippen MR) is 65.1 cm³/mol. The molecule has 1 saturated carbocycles. The first-order chi connectivity index (χ1) is 8.17. The first-order valence-electron chi connectivity index (χ1n) is 5.65. The van der Waals surface area contributed by atoms with Gasteiger partial charge in [0, 0.05) is 12.0 Å². The number of nitrogens with one attached hydrogen (secondary N) is 2. The number of anilines is 1. The van der Waals surface area contributed by atoms with Gasteiger partial charge in [0.15, 0.2) is 0 Å². The fourth-order valence-corrected chi connectivity index (χ4v) is 2.10. The summed E-state index contributed by atoms with van der Waals surface area (Å²) in [4.78, 5) is 11.5. The molecule has 1 aromatic rings. The van der Waals surface area contributed by atoms with Crippen LogP contribution in [0.25, 0.3) is 0 Å². The lowest BCUT2D eigenvalue weighted by atomic mass is 10.1. The van der Waals surface area contributed by atoms with E-state index in [0.29, 0.717) is 11.7 Å². The van der Waals surface area contributed by atoms with E-state index >= 15 is 0 Å². The fraction of sp³-hybridized carbons (Fsp3) is 0.700. The van der Waals surface area contributed by atoms with Crippen molar-refractivity contribution in [3.8, 4) is 0 Å². The van der Waals surface area contributed by atoms with Crippen molar-refractivity contribution in [1.29, 1.82) is 0 Å². The summed E-state index contributed by atoms with van der Waals surface area (Å²) >= 11 is 1.37. The molecular weight excluding hydrogens is 240 g/mol. The number of aliphatic hydroxyl groups excluding tert-OH is 1. The van der Waals surface area contributed by atoms with E-state index < -0.39 is 0 Å². The Morgan fingerprint density at radius 2 is 2.29 bits per heavy atom. The van der Waals surface area contributed by atoms with Crippen molar-refractivity contribution >= 4 is 22.5 Å². The summed E-state index contributed by atoms with van der Waals surface area (Å²) in [5.41, 5.74) is -0.0763. The quantitative estimate of drug-likeness (QED) is 0.733. The van der Waals surface area contributed by atoms with Crippen molar-refractivity contribution in [2.75, 3.05) is 18.5 Å². The molecule has 0 aliphatic heterocycles. The summed E-state index contributed by atoms with van der Waals surface area (Å²) < 4.78 is 0. The van der Waals surface area contributed by atoms with Crippen LogP contribution in [0.4, 0.5) is 9.93 Å². The van der Waals surface area contributed by atoms with E-state index in [1.165, 1.54) is 11.3 Å². The van der Waals surface area contributed by atoms with Crippen LogP contribution in [0, 0.1) is 5.41 Å². The lowest BCUT2D eigenvalue weighted by Crippen LogP contribution is -2.35. The average Bonchev–Trinajstić information content (AvgIpc) is 2.99. The standard InChI is InChI=1S/C10H16N4O2S/c1-2-7-13-14-9(17-7)12-8(16)11-5-10(6-15)3-4-10/h15H,2-6H2,1H3,(H2,11,12,14,16). The molecule has 3 N–H and O–H groups in total. The van der Waals surface area contributed by atoms with Crippen LogP contribution >= 0.6 is 11.3 Å². The number of nitrogens with zero attached hydrogens (tertiary/aromatic N) is 2. The summed E-state index contributed by atoms with van der Waals surface area (Å²) in [6, 6.07) is -0.288. The van der Waals surface area contributed by atoms with E-state index in [2.05, 4.69) is 20.8 Å². The molecule has 1 aliphatic rings. The number of rotatable bonds is 5. The van der Waals surface area contributed by atoms with Crippen LogP contribution in [-0.2, 0) is 6.42 Å². The first kappa shape index (κ1) is 12.3. The molecule has 2 amide bonds. The minimum atomic E-state index is -0.288. The maximum Gasteiger partial charge on any atom is 0.321 e. The number of urea groups is 1. The summed E-state index contributed by atoms with van der Waals surface area (Å²) in [7, 11) is 0. The van der Waals surface area contributed by atoms with Crippen LogP contribution in [0.2, 0.25) is 0 Å². The lowest BCUT2D eigenvalue weighted by molar-refractivity contribution is 0.206. The van der Waals surface area contributed by atoms with Gasteiger partial charge in [-0.3, -0.25) is 5.32 Å². The maximum absolute atomic E-state index is 11.5. The van der Waals surface area contributed by atoms with Crippen LogP contribution in [-0.4, -0.2) is 34.5 Å². The topological polar surface area (TPSA) is 87.1 Å². The van der Waals surface area contributed by atoms with Crippen LogP contribution < -0.4 is 10.6 Å². The molecule has 6 nitrogen and oxygen atoms in total. The Balaban J connectivity index is 1.77. The van der Waals surface area contributed by atoms with Gasteiger partial charge in [-0.05, 0) is 19.3 Å². The van der Waals surface area contributed by atoms with Gasteiger partial charge in [0.1, 0.15) is 5.01 Å². The highest BCUT2D eigenvalue weighted by atomic mass is 32.1. The third-order valence-corrected chi connectivity index (χ3v) is 3.89. The molecule has 17 heavy (non-hydrogen) atoms. The SMILES string of the molecule is CCc1nnc(NC(=O)NCC2(CO)CC2)s1. The van der Waals surface area contributed by atoms with Crippen LogP contribution in [0.1, 0.15) is 24.8 Å². The Morgan fingerprint density at radius 3 is 2.82 bits per heavy atom. The number of hydrogen-bond acceptors (Lipinski definition) is 5. The number of amides is 2. The highest BCUT2D eigenvalue weighted by Gasteiger charge is 2.42. The lowest BCUT2D eigenvalue weighted by Gasteiger charge is -2.12. The second-order valence-corrected chi connectivity index (χ2v) is 5.38. The van der Waals surface area contributed by atoms with Crippen molar-refractivity contribution in [2.24, 2.45) is 5.41 Å². The monoisotopic (exact) mass is 256 g/mol. The number of carbonyl (C=O) groups excluding carboxylic acids is 1. The highest BCUT2D eigenvalue weighted by molar-refractivity contribution is 7.15. The second kappa shape index (κ2) is 4.97. The average molecular weight is 256 g/mol. The molecule has 1 fully saturated rings. The van der Waals surface area contributed by atoms with E-state index in [1.807, 2.05) is 6.92 Å². The smallest absolute Gasteiger partial charge is 0.321 e. The van der Waals surface area contributed by atoms with Crippen molar-refractivity contribution < 1.29 is 9.90 Å². The van der Waals surface area contributed by atoms with E-state index in [1.54, 1.807) is 0 Å².